The van der Waals surface area contributed by atoms with Gasteiger partial charge >= 0.3 is 10.4 Å². The predicted octanol–water partition coefficient (Wildman–Crippen LogP) is -5.96. The number of aliphatic hydroxyl groups excluding tert-OH is 6. The summed E-state index contributed by atoms with van der Waals surface area (Å²) in [6.07, 6.45) is -15.0. The Kier molecular flexibility index (Phi) is 13.3. The molecule has 0 aromatic rings. The van der Waals surface area contributed by atoms with Gasteiger partial charge in [0.05, 0.1) is 13.2 Å². The Morgan fingerprint density at radius 2 is 1.77 bits per heavy atom. The molecule has 0 bridgehead atoms. The molecular weight excluding hydrogens is 461 g/mol. The van der Waals surface area contributed by atoms with Crippen LogP contribution in [0.25, 0.3) is 0 Å². The number of carbonyl (C=O) groups is 2. The van der Waals surface area contributed by atoms with Crippen LogP contribution in [0.3, 0.4) is 0 Å². The molecule has 1 rings (SSSR count). The largest absolute Gasteiger partial charge is 0.397 e. The molecule has 1 heterocycles. The number of rotatable bonds is 11. The zero-order valence-corrected chi connectivity index (χ0v) is 19.4. The SMILES string of the molecule is CC(=O)N[C@@H](C=O)[C@@H](O)[C@H](O[C@@H]1O[C@H](CO)[C@H](O)[C@H](O)[C@H]1O)[C@H](O)COS(=O)(=O)O.[Na]. The van der Waals surface area contributed by atoms with Crippen molar-refractivity contribution in [3.8, 4) is 0 Å². The third-order valence-corrected chi connectivity index (χ3v) is 4.56. The van der Waals surface area contributed by atoms with Crippen LogP contribution in [0.4, 0.5) is 0 Å². The number of ether oxygens (including phenoxy) is 2. The molecule has 8 N–H and O–H groups in total. The first-order valence-corrected chi connectivity index (χ1v) is 9.85. The Balaban J connectivity index is 0.00000900. The summed E-state index contributed by atoms with van der Waals surface area (Å²) in [5.41, 5.74) is 0. The van der Waals surface area contributed by atoms with E-state index in [0.29, 0.717) is 0 Å². The monoisotopic (exact) mass is 486 g/mol. The molecule has 0 saturated carbocycles. The Bertz CT molecular complexity index is 678. The molecule has 17 heteroatoms. The second-order valence-corrected chi connectivity index (χ2v) is 7.52. The predicted molar refractivity (Wildman–Crippen MR) is 97.6 cm³/mol. The smallest absolute Gasteiger partial charge is 0.394 e. The van der Waals surface area contributed by atoms with Crippen molar-refractivity contribution < 1.29 is 66.9 Å². The van der Waals surface area contributed by atoms with Crippen molar-refractivity contribution in [3.63, 3.8) is 0 Å². The van der Waals surface area contributed by atoms with Gasteiger partial charge in [0.15, 0.2) is 6.29 Å². The van der Waals surface area contributed by atoms with Gasteiger partial charge in [0.1, 0.15) is 55.1 Å². The van der Waals surface area contributed by atoms with Crippen LogP contribution < -0.4 is 5.32 Å². The molecule has 0 unspecified atom stereocenters. The maximum Gasteiger partial charge on any atom is 0.397 e. The Morgan fingerprint density at radius 3 is 2.23 bits per heavy atom. The van der Waals surface area contributed by atoms with Gasteiger partial charge in [0.2, 0.25) is 5.91 Å². The molecule has 1 radical (unpaired) electrons. The summed E-state index contributed by atoms with van der Waals surface area (Å²) in [5.74, 6) is -0.763. The molecule has 9 atom stereocenters. The van der Waals surface area contributed by atoms with E-state index in [9.17, 15) is 48.6 Å². The first-order valence-electron chi connectivity index (χ1n) is 8.48. The summed E-state index contributed by atoms with van der Waals surface area (Å²) >= 11 is 0. The Morgan fingerprint density at radius 1 is 1.19 bits per heavy atom. The number of nitrogens with one attached hydrogen (secondary N) is 1. The third-order valence-electron chi connectivity index (χ3n) is 4.13. The third kappa shape index (κ3) is 9.22. The van der Waals surface area contributed by atoms with Crippen LogP contribution in [0.1, 0.15) is 6.92 Å². The molecule has 0 aliphatic carbocycles. The van der Waals surface area contributed by atoms with Crippen LogP contribution in [0, 0.1) is 0 Å². The van der Waals surface area contributed by atoms with E-state index >= 15 is 0 Å². The number of amides is 1. The second kappa shape index (κ2) is 13.4. The van der Waals surface area contributed by atoms with Gasteiger partial charge in [-0.1, -0.05) is 0 Å². The average Bonchev–Trinajstić information content (AvgIpc) is 2.66. The fourth-order valence-electron chi connectivity index (χ4n) is 2.62. The van der Waals surface area contributed by atoms with E-state index in [2.05, 4.69) is 4.18 Å². The van der Waals surface area contributed by atoms with Gasteiger partial charge in [-0.2, -0.15) is 8.42 Å². The molecule has 1 aliphatic heterocycles. The molecule has 0 aromatic heterocycles. The minimum atomic E-state index is -5.02. The van der Waals surface area contributed by atoms with Crippen molar-refractivity contribution in [2.45, 2.75) is 62.0 Å². The quantitative estimate of drug-likeness (QED) is 0.0769. The minimum Gasteiger partial charge on any atom is -0.394 e. The summed E-state index contributed by atoms with van der Waals surface area (Å²) in [6, 6.07) is -1.68. The number of hydrogen-bond donors (Lipinski definition) is 8. The van der Waals surface area contributed by atoms with Crippen LogP contribution in [0.5, 0.6) is 0 Å². The van der Waals surface area contributed by atoms with Crippen molar-refractivity contribution in [1.29, 1.82) is 0 Å². The van der Waals surface area contributed by atoms with Gasteiger partial charge in [-0.15, -0.1) is 0 Å². The van der Waals surface area contributed by atoms with E-state index in [1.165, 1.54) is 0 Å². The molecule has 1 saturated heterocycles. The van der Waals surface area contributed by atoms with Gasteiger partial charge in [-0.25, -0.2) is 4.18 Å². The van der Waals surface area contributed by atoms with Crippen LogP contribution >= 0.6 is 0 Å². The van der Waals surface area contributed by atoms with Crippen LogP contribution in [-0.4, -0.2) is 154 Å². The Hall–Kier alpha value is -0.310. The first-order chi connectivity index (χ1) is 13.8. The van der Waals surface area contributed by atoms with E-state index in [-0.39, 0.29) is 35.8 Å². The van der Waals surface area contributed by atoms with Crippen molar-refractivity contribution >= 4 is 52.1 Å². The maximum absolute atomic E-state index is 11.2. The molecule has 15 nitrogen and oxygen atoms in total. The summed E-state index contributed by atoms with van der Waals surface area (Å²) < 4.78 is 44.3. The zero-order chi connectivity index (χ0) is 23.2. The standard InChI is InChI=1S/C14H25NO14S.Na/c1-5(18)15-6(2-16)9(20)13(7(19)4-27-30(24,25)26)29-14-12(23)11(22)10(21)8(3-17)28-14;/h2,6-14,17,19-23H,3-4H2,1H3,(H,15,18)(H,24,25,26);/t6-,7+,8+,9+,10-,11-,12+,13+,14-;/m0./s1. The fraction of sp³-hybridized carbons (Fsp3) is 0.857. The average molecular weight is 486 g/mol. The van der Waals surface area contributed by atoms with Gasteiger partial charge in [-0.05, 0) is 0 Å². The number of carbonyl (C=O) groups excluding carboxylic acids is 2. The maximum atomic E-state index is 11.2. The topological polar surface area (TPSA) is 250 Å². The number of aldehydes is 1. The van der Waals surface area contributed by atoms with E-state index in [1.54, 1.807) is 0 Å². The molecule has 1 aliphatic rings. The molecular formula is C14H25NNaO14S. The number of hydrogen-bond acceptors (Lipinski definition) is 13. The van der Waals surface area contributed by atoms with E-state index in [4.69, 9.17) is 14.0 Å². The van der Waals surface area contributed by atoms with Crippen LogP contribution in [0.2, 0.25) is 0 Å². The van der Waals surface area contributed by atoms with Gasteiger partial charge in [0, 0.05) is 36.5 Å². The summed E-state index contributed by atoms with van der Waals surface area (Å²) in [7, 11) is -5.02. The zero-order valence-electron chi connectivity index (χ0n) is 16.6. The summed E-state index contributed by atoms with van der Waals surface area (Å²) in [6.45, 7) is -1.01. The van der Waals surface area contributed by atoms with Crippen molar-refractivity contribution in [2.24, 2.45) is 0 Å². The molecule has 0 aromatic carbocycles. The summed E-state index contributed by atoms with van der Waals surface area (Å²) in [5, 5.41) is 61.4. The van der Waals surface area contributed by atoms with Crippen LogP contribution in [0.15, 0.2) is 0 Å². The minimum absolute atomic E-state index is 0. The van der Waals surface area contributed by atoms with Crippen molar-refractivity contribution in [3.05, 3.63) is 0 Å². The first kappa shape index (κ1) is 30.7. The van der Waals surface area contributed by atoms with Crippen LogP contribution in [-0.2, 0) is 33.6 Å². The Labute approximate surface area is 199 Å². The number of aliphatic hydroxyl groups is 6. The second-order valence-electron chi connectivity index (χ2n) is 6.43. The van der Waals surface area contributed by atoms with E-state index in [1.807, 2.05) is 5.32 Å². The molecule has 1 amide bonds. The molecule has 31 heavy (non-hydrogen) atoms. The van der Waals surface area contributed by atoms with Crippen molar-refractivity contribution in [1.82, 2.24) is 5.32 Å². The normalized spacial score (nSPS) is 30.4. The van der Waals surface area contributed by atoms with Gasteiger partial charge in [0.25, 0.3) is 0 Å². The summed E-state index contributed by atoms with van der Waals surface area (Å²) in [4.78, 5) is 22.4. The van der Waals surface area contributed by atoms with Gasteiger partial charge in [-0.3, -0.25) is 9.35 Å². The molecule has 1 fully saturated rings. The van der Waals surface area contributed by atoms with Crippen molar-refractivity contribution in [2.75, 3.05) is 13.2 Å². The fourth-order valence-corrected chi connectivity index (χ4v) is 2.93. The molecule has 0 spiro atoms. The van der Waals surface area contributed by atoms with E-state index in [0.717, 1.165) is 6.92 Å². The van der Waals surface area contributed by atoms with Gasteiger partial charge < -0.3 is 50.2 Å². The molecule has 177 valence electrons. The van der Waals surface area contributed by atoms with E-state index < -0.39 is 84.6 Å².